The smallest absolute Gasteiger partial charge is 0.159 e. The predicted octanol–water partition coefficient (Wildman–Crippen LogP) is 2.46. The highest BCUT2D eigenvalue weighted by Gasteiger charge is 2.21. The molecule has 0 aliphatic heterocycles. The van der Waals surface area contributed by atoms with Crippen LogP contribution in [0.15, 0.2) is 0 Å². The molecular formula is C15H26N4OS. The first kappa shape index (κ1) is 17.8. The van der Waals surface area contributed by atoms with Gasteiger partial charge in [-0.1, -0.05) is 26.1 Å². The molecule has 0 atom stereocenters. The third-order valence-electron chi connectivity index (χ3n) is 3.31. The topological polar surface area (TPSA) is 73.1 Å². The Kier molecular flexibility index (Phi) is 6.48. The lowest BCUT2D eigenvalue weighted by Crippen LogP contribution is -2.34. The predicted molar refractivity (Wildman–Crippen MR) is 90.9 cm³/mol. The quantitative estimate of drug-likeness (QED) is 0.719. The van der Waals surface area contributed by atoms with Crippen LogP contribution in [0, 0.1) is 0 Å². The fourth-order valence-corrected chi connectivity index (χ4v) is 2.52. The number of aryl methyl sites for hydroxylation is 1. The van der Waals surface area contributed by atoms with Gasteiger partial charge in [0.25, 0.3) is 0 Å². The Morgan fingerprint density at radius 1 is 1.24 bits per heavy atom. The van der Waals surface area contributed by atoms with Gasteiger partial charge in [-0.15, -0.1) is 5.10 Å². The Bertz CT molecular complexity index is 503. The van der Waals surface area contributed by atoms with Crippen molar-refractivity contribution in [2.45, 2.75) is 53.1 Å². The molecule has 1 rings (SSSR count). The Balaban J connectivity index is 3.10. The first-order valence-corrected chi connectivity index (χ1v) is 7.83. The van der Waals surface area contributed by atoms with E-state index in [-0.39, 0.29) is 5.60 Å². The number of rotatable bonds is 8. The van der Waals surface area contributed by atoms with Crippen LogP contribution in [0.1, 0.15) is 51.4 Å². The molecule has 1 aromatic rings. The summed E-state index contributed by atoms with van der Waals surface area (Å²) in [6, 6.07) is 0. The number of aromatic nitrogens is 2. The summed E-state index contributed by atoms with van der Waals surface area (Å²) in [4.78, 5) is 0.355. The first-order valence-electron chi connectivity index (χ1n) is 7.42. The van der Waals surface area contributed by atoms with Crippen LogP contribution in [-0.2, 0) is 17.6 Å². The van der Waals surface area contributed by atoms with Crippen molar-refractivity contribution in [2.24, 2.45) is 5.73 Å². The molecule has 0 unspecified atom stereocenters. The van der Waals surface area contributed by atoms with E-state index in [9.17, 15) is 0 Å². The number of thiocarbonyl (C=S) groups is 1. The fourth-order valence-electron chi connectivity index (χ4n) is 2.30. The maximum atomic E-state index is 5.90. The molecule has 0 aliphatic carbocycles. The van der Waals surface area contributed by atoms with E-state index in [1.165, 1.54) is 0 Å². The van der Waals surface area contributed by atoms with E-state index in [0.29, 0.717) is 24.0 Å². The summed E-state index contributed by atoms with van der Waals surface area (Å²) in [5.74, 6) is 0.643. The van der Waals surface area contributed by atoms with Crippen molar-refractivity contribution >= 4 is 23.0 Å². The number of hydrogen-bond acceptors (Lipinski definition) is 5. The molecule has 0 saturated heterocycles. The summed E-state index contributed by atoms with van der Waals surface area (Å²) in [5.41, 5.74) is 8.46. The molecular weight excluding hydrogens is 284 g/mol. The van der Waals surface area contributed by atoms with Crippen LogP contribution in [0.5, 0.6) is 0 Å². The Morgan fingerprint density at radius 3 is 2.38 bits per heavy atom. The highest BCUT2D eigenvalue weighted by Crippen LogP contribution is 2.22. The standard InChI is InChI=1S/C15H26N4OS/c1-6-10-11(7-2)18-19-14(12(10)13(16)21)17-9-15(4,5)20-8-3/h6-9H2,1-5H3,(H2,16,21)(H,17,19). The van der Waals surface area contributed by atoms with Crippen molar-refractivity contribution in [3.8, 4) is 0 Å². The SMILES string of the molecule is CCOC(C)(C)CNc1nnc(CC)c(CC)c1C(N)=S. The molecule has 0 aromatic carbocycles. The Labute approximate surface area is 132 Å². The average molecular weight is 310 g/mol. The van der Waals surface area contributed by atoms with E-state index in [2.05, 4.69) is 29.4 Å². The van der Waals surface area contributed by atoms with Gasteiger partial charge in [0.05, 0.1) is 16.9 Å². The molecule has 0 radical (unpaired) electrons. The molecule has 0 saturated carbocycles. The average Bonchev–Trinajstić information content (AvgIpc) is 2.43. The van der Waals surface area contributed by atoms with Crippen LogP contribution in [0.3, 0.4) is 0 Å². The Morgan fingerprint density at radius 2 is 1.90 bits per heavy atom. The van der Waals surface area contributed by atoms with Crippen molar-refractivity contribution in [2.75, 3.05) is 18.5 Å². The number of hydrogen-bond donors (Lipinski definition) is 2. The van der Waals surface area contributed by atoms with Crippen molar-refractivity contribution in [3.05, 3.63) is 16.8 Å². The summed E-state index contributed by atoms with van der Waals surface area (Å²) in [6.07, 6.45) is 1.64. The molecule has 0 spiro atoms. The van der Waals surface area contributed by atoms with Gasteiger partial charge in [-0.25, -0.2) is 0 Å². The molecule has 3 N–H and O–H groups in total. The van der Waals surface area contributed by atoms with Gasteiger partial charge in [0.15, 0.2) is 5.82 Å². The van der Waals surface area contributed by atoms with Crippen LogP contribution >= 0.6 is 12.2 Å². The van der Waals surface area contributed by atoms with Crippen LogP contribution in [-0.4, -0.2) is 33.9 Å². The minimum absolute atomic E-state index is 0.292. The third-order valence-corrected chi connectivity index (χ3v) is 3.51. The van der Waals surface area contributed by atoms with Crippen LogP contribution in [0.25, 0.3) is 0 Å². The van der Waals surface area contributed by atoms with Crippen LogP contribution < -0.4 is 11.1 Å². The van der Waals surface area contributed by atoms with Crippen molar-refractivity contribution in [1.82, 2.24) is 10.2 Å². The molecule has 118 valence electrons. The number of nitrogens with two attached hydrogens (primary N) is 1. The number of ether oxygens (including phenoxy) is 1. The maximum absolute atomic E-state index is 5.90. The monoisotopic (exact) mass is 310 g/mol. The lowest BCUT2D eigenvalue weighted by Gasteiger charge is -2.26. The van der Waals surface area contributed by atoms with Crippen LogP contribution in [0.4, 0.5) is 5.82 Å². The minimum Gasteiger partial charge on any atom is -0.389 e. The maximum Gasteiger partial charge on any atom is 0.159 e. The first-order chi connectivity index (χ1) is 9.86. The second-order valence-corrected chi connectivity index (χ2v) is 5.91. The molecule has 5 nitrogen and oxygen atoms in total. The highest BCUT2D eigenvalue weighted by molar-refractivity contribution is 7.80. The molecule has 6 heteroatoms. The van der Waals surface area contributed by atoms with E-state index < -0.39 is 0 Å². The summed E-state index contributed by atoms with van der Waals surface area (Å²) in [5, 5.41) is 11.8. The van der Waals surface area contributed by atoms with Crippen molar-refractivity contribution in [3.63, 3.8) is 0 Å². The second-order valence-electron chi connectivity index (χ2n) is 5.47. The molecule has 0 bridgehead atoms. The van der Waals surface area contributed by atoms with Gasteiger partial charge >= 0.3 is 0 Å². The summed E-state index contributed by atoms with van der Waals surface area (Å²) >= 11 is 5.21. The molecule has 1 aromatic heterocycles. The van der Waals surface area contributed by atoms with Crippen molar-refractivity contribution in [1.29, 1.82) is 0 Å². The zero-order chi connectivity index (χ0) is 16.0. The van der Waals surface area contributed by atoms with E-state index >= 15 is 0 Å². The summed E-state index contributed by atoms with van der Waals surface area (Å²) < 4.78 is 5.68. The van der Waals surface area contributed by atoms with E-state index in [1.807, 2.05) is 20.8 Å². The fraction of sp³-hybridized carbons (Fsp3) is 0.667. The van der Waals surface area contributed by atoms with Gasteiger partial charge in [0, 0.05) is 13.2 Å². The van der Waals surface area contributed by atoms with Gasteiger partial charge in [0.2, 0.25) is 0 Å². The minimum atomic E-state index is -0.292. The Hall–Kier alpha value is -1.27. The normalized spacial score (nSPS) is 11.5. The number of nitrogens with zero attached hydrogens (tertiary/aromatic N) is 2. The molecule has 1 heterocycles. The molecule has 21 heavy (non-hydrogen) atoms. The van der Waals surface area contributed by atoms with E-state index in [0.717, 1.165) is 29.7 Å². The molecule has 0 amide bonds. The van der Waals surface area contributed by atoms with Gasteiger partial charge in [-0.3, -0.25) is 0 Å². The second kappa shape index (κ2) is 7.66. The lowest BCUT2D eigenvalue weighted by molar-refractivity contribution is 0.000629. The lowest BCUT2D eigenvalue weighted by atomic mass is 10.0. The molecule has 0 aliphatic rings. The summed E-state index contributed by atoms with van der Waals surface area (Å²) in [7, 11) is 0. The number of nitrogens with one attached hydrogen (secondary N) is 1. The van der Waals surface area contributed by atoms with E-state index in [4.69, 9.17) is 22.7 Å². The summed E-state index contributed by atoms with van der Waals surface area (Å²) in [6.45, 7) is 11.4. The number of anilines is 1. The van der Waals surface area contributed by atoms with Gasteiger partial charge in [-0.2, -0.15) is 5.10 Å². The van der Waals surface area contributed by atoms with E-state index in [1.54, 1.807) is 0 Å². The third kappa shape index (κ3) is 4.61. The van der Waals surface area contributed by atoms with Gasteiger partial charge in [-0.05, 0) is 39.2 Å². The largest absolute Gasteiger partial charge is 0.389 e. The zero-order valence-electron chi connectivity index (χ0n) is 13.6. The van der Waals surface area contributed by atoms with Gasteiger partial charge < -0.3 is 15.8 Å². The molecule has 0 fully saturated rings. The van der Waals surface area contributed by atoms with Crippen LogP contribution in [0.2, 0.25) is 0 Å². The van der Waals surface area contributed by atoms with Crippen molar-refractivity contribution < 1.29 is 4.74 Å². The van der Waals surface area contributed by atoms with Gasteiger partial charge in [0.1, 0.15) is 4.99 Å². The highest BCUT2D eigenvalue weighted by atomic mass is 32.1. The zero-order valence-corrected chi connectivity index (χ0v) is 14.4.